The number of thioether (sulfide) groups is 1. The molecule has 1 heterocycles. The molecular weight excluding hydrogens is 388 g/mol. The third kappa shape index (κ3) is 5.83. The van der Waals surface area contributed by atoms with E-state index >= 15 is 0 Å². The lowest BCUT2D eigenvalue weighted by molar-refractivity contribution is -0.117. The molecule has 27 heavy (non-hydrogen) atoms. The summed E-state index contributed by atoms with van der Waals surface area (Å²) in [6.45, 7) is 6.42. The van der Waals surface area contributed by atoms with E-state index in [4.69, 9.17) is 11.6 Å². The SMILES string of the molecule is C=CCn1c(SCC(=O)NC(=O)NCCCC)nc2ccc(Cl)cc2c1=O. The zero-order valence-electron chi connectivity index (χ0n) is 15.0. The fourth-order valence-electron chi connectivity index (χ4n) is 2.29. The third-order valence-electron chi connectivity index (χ3n) is 3.59. The van der Waals surface area contributed by atoms with E-state index in [0.717, 1.165) is 24.6 Å². The number of halogens is 1. The van der Waals surface area contributed by atoms with Gasteiger partial charge in [-0.3, -0.25) is 19.5 Å². The van der Waals surface area contributed by atoms with Gasteiger partial charge in [-0.2, -0.15) is 0 Å². The maximum absolute atomic E-state index is 12.7. The smallest absolute Gasteiger partial charge is 0.321 e. The molecular formula is C18H21ClN4O3S. The zero-order chi connectivity index (χ0) is 19.8. The van der Waals surface area contributed by atoms with Crippen molar-refractivity contribution < 1.29 is 9.59 Å². The monoisotopic (exact) mass is 408 g/mol. The second-order valence-corrected chi connectivity index (χ2v) is 7.09. The number of nitrogens with zero attached hydrogens (tertiary/aromatic N) is 2. The minimum atomic E-state index is -0.529. The van der Waals surface area contributed by atoms with Gasteiger partial charge in [0.2, 0.25) is 5.91 Å². The summed E-state index contributed by atoms with van der Waals surface area (Å²) < 4.78 is 1.42. The van der Waals surface area contributed by atoms with E-state index in [1.54, 1.807) is 24.3 Å². The number of fused-ring (bicyclic) bond motifs is 1. The second kappa shape index (κ2) is 10.1. The Balaban J connectivity index is 2.13. The molecule has 0 aliphatic heterocycles. The lowest BCUT2D eigenvalue weighted by Crippen LogP contribution is -2.40. The number of benzene rings is 1. The molecule has 0 aliphatic carbocycles. The van der Waals surface area contributed by atoms with Gasteiger partial charge in [-0.15, -0.1) is 6.58 Å². The van der Waals surface area contributed by atoms with Gasteiger partial charge in [-0.1, -0.05) is 42.8 Å². The Morgan fingerprint density at radius 3 is 2.89 bits per heavy atom. The zero-order valence-corrected chi connectivity index (χ0v) is 16.5. The number of aromatic nitrogens is 2. The van der Waals surface area contributed by atoms with E-state index in [1.807, 2.05) is 6.92 Å². The molecule has 9 heteroatoms. The lowest BCUT2D eigenvalue weighted by Gasteiger charge is -2.11. The summed E-state index contributed by atoms with van der Waals surface area (Å²) in [4.78, 5) is 40.7. The fraction of sp³-hybridized carbons (Fsp3) is 0.333. The number of allylic oxidation sites excluding steroid dienone is 1. The van der Waals surface area contributed by atoms with Gasteiger partial charge >= 0.3 is 6.03 Å². The second-order valence-electron chi connectivity index (χ2n) is 5.71. The van der Waals surface area contributed by atoms with Gasteiger partial charge in [0, 0.05) is 18.1 Å². The Kier molecular flexibility index (Phi) is 7.87. The summed E-state index contributed by atoms with van der Waals surface area (Å²) in [5, 5.41) is 6.08. The van der Waals surface area contributed by atoms with E-state index in [2.05, 4.69) is 22.2 Å². The van der Waals surface area contributed by atoms with E-state index in [0.29, 0.717) is 27.6 Å². The van der Waals surface area contributed by atoms with Crippen LogP contribution in [0.4, 0.5) is 4.79 Å². The van der Waals surface area contributed by atoms with Crippen molar-refractivity contribution in [3.63, 3.8) is 0 Å². The van der Waals surface area contributed by atoms with Crippen molar-refractivity contribution in [3.05, 3.63) is 46.2 Å². The Hall–Kier alpha value is -2.32. The molecule has 0 radical (unpaired) electrons. The maximum atomic E-state index is 12.7. The average Bonchev–Trinajstić information content (AvgIpc) is 2.63. The van der Waals surface area contributed by atoms with Crippen LogP contribution in [-0.4, -0.2) is 33.8 Å². The summed E-state index contributed by atoms with van der Waals surface area (Å²) in [6.07, 6.45) is 3.36. The molecule has 1 aromatic heterocycles. The quantitative estimate of drug-likeness (QED) is 0.303. The minimum absolute atomic E-state index is 0.0517. The van der Waals surface area contributed by atoms with Crippen LogP contribution in [0, 0.1) is 0 Å². The molecule has 2 N–H and O–H groups in total. The average molecular weight is 409 g/mol. The first-order chi connectivity index (χ1) is 13.0. The lowest BCUT2D eigenvalue weighted by atomic mass is 10.2. The molecule has 3 amide bonds. The Labute approximate surface area is 166 Å². The van der Waals surface area contributed by atoms with Crippen molar-refractivity contribution in [2.45, 2.75) is 31.5 Å². The van der Waals surface area contributed by atoms with Gasteiger partial charge in [0.1, 0.15) is 0 Å². The standard InChI is InChI=1S/C18H21ClN4O3S/c1-3-5-8-20-17(26)22-15(24)11-27-18-21-14-7-6-12(19)10-13(14)16(25)23(18)9-4-2/h4,6-7,10H,2-3,5,8-9,11H2,1H3,(H2,20,22,24,26). The van der Waals surface area contributed by atoms with Crippen LogP contribution in [0.2, 0.25) is 5.02 Å². The Morgan fingerprint density at radius 1 is 1.41 bits per heavy atom. The van der Waals surface area contributed by atoms with Crippen LogP contribution in [0.15, 0.2) is 40.8 Å². The maximum Gasteiger partial charge on any atom is 0.321 e. The summed E-state index contributed by atoms with van der Waals surface area (Å²) >= 11 is 7.04. The predicted octanol–water partition coefficient (Wildman–Crippen LogP) is 2.95. The number of imide groups is 1. The number of hydrogen-bond donors (Lipinski definition) is 2. The number of amides is 3. The first kappa shape index (κ1) is 21.0. The Bertz CT molecular complexity index is 913. The molecule has 0 saturated heterocycles. The van der Waals surface area contributed by atoms with Crippen molar-refractivity contribution in [2.75, 3.05) is 12.3 Å². The number of hydrogen-bond acceptors (Lipinski definition) is 5. The van der Waals surface area contributed by atoms with E-state index in [9.17, 15) is 14.4 Å². The Morgan fingerprint density at radius 2 is 2.19 bits per heavy atom. The number of rotatable bonds is 8. The van der Waals surface area contributed by atoms with Crippen molar-refractivity contribution in [3.8, 4) is 0 Å². The number of carbonyl (C=O) groups is 2. The first-order valence-electron chi connectivity index (χ1n) is 8.47. The molecule has 7 nitrogen and oxygen atoms in total. The van der Waals surface area contributed by atoms with Gasteiger partial charge in [0.05, 0.1) is 16.7 Å². The van der Waals surface area contributed by atoms with Crippen molar-refractivity contribution in [1.29, 1.82) is 0 Å². The van der Waals surface area contributed by atoms with Gasteiger partial charge in [-0.25, -0.2) is 9.78 Å². The van der Waals surface area contributed by atoms with Crippen molar-refractivity contribution in [1.82, 2.24) is 20.2 Å². The van der Waals surface area contributed by atoms with E-state index in [1.165, 1.54) is 4.57 Å². The van der Waals surface area contributed by atoms with Crippen LogP contribution in [0.5, 0.6) is 0 Å². The molecule has 144 valence electrons. The van der Waals surface area contributed by atoms with E-state index in [-0.39, 0.29) is 17.9 Å². The molecule has 2 aromatic rings. The number of carbonyl (C=O) groups excluding carboxylic acids is 2. The highest BCUT2D eigenvalue weighted by Crippen LogP contribution is 2.20. The molecule has 2 rings (SSSR count). The van der Waals surface area contributed by atoms with Crippen molar-refractivity contribution in [2.24, 2.45) is 0 Å². The first-order valence-corrected chi connectivity index (χ1v) is 9.84. The van der Waals surface area contributed by atoms with Gasteiger partial charge in [0.15, 0.2) is 5.16 Å². The van der Waals surface area contributed by atoms with E-state index < -0.39 is 11.9 Å². The van der Waals surface area contributed by atoms with Crippen LogP contribution in [0.25, 0.3) is 10.9 Å². The highest BCUT2D eigenvalue weighted by Gasteiger charge is 2.14. The predicted molar refractivity (Wildman–Crippen MR) is 108 cm³/mol. The highest BCUT2D eigenvalue weighted by molar-refractivity contribution is 7.99. The summed E-state index contributed by atoms with van der Waals surface area (Å²) in [6, 6.07) is 4.34. The fourth-order valence-corrected chi connectivity index (χ4v) is 3.27. The van der Waals surface area contributed by atoms with Crippen molar-refractivity contribution >= 4 is 46.2 Å². The third-order valence-corrected chi connectivity index (χ3v) is 4.81. The number of unbranched alkanes of at least 4 members (excludes halogenated alkanes) is 1. The van der Waals surface area contributed by atoms with Crippen LogP contribution < -0.4 is 16.2 Å². The molecule has 0 saturated carbocycles. The molecule has 0 bridgehead atoms. The molecule has 0 spiro atoms. The van der Waals surface area contributed by atoms with Gasteiger partial charge in [0.25, 0.3) is 5.56 Å². The highest BCUT2D eigenvalue weighted by atomic mass is 35.5. The molecule has 0 aliphatic rings. The summed E-state index contributed by atoms with van der Waals surface area (Å²) in [5.74, 6) is -0.520. The summed E-state index contributed by atoms with van der Waals surface area (Å²) in [5.41, 5.74) is 0.229. The van der Waals surface area contributed by atoms with Gasteiger partial charge in [-0.05, 0) is 24.6 Å². The largest absolute Gasteiger partial charge is 0.338 e. The molecule has 1 aromatic carbocycles. The van der Waals surface area contributed by atoms with Gasteiger partial charge < -0.3 is 5.32 Å². The van der Waals surface area contributed by atoms with Crippen LogP contribution in [0.1, 0.15) is 19.8 Å². The molecule has 0 atom stereocenters. The van der Waals surface area contributed by atoms with Crippen LogP contribution in [-0.2, 0) is 11.3 Å². The van der Waals surface area contributed by atoms with Crippen LogP contribution >= 0.6 is 23.4 Å². The topological polar surface area (TPSA) is 93.1 Å². The molecule has 0 fully saturated rings. The normalized spacial score (nSPS) is 10.6. The number of urea groups is 1. The minimum Gasteiger partial charge on any atom is -0.338 e. The summed E-state index contributed by atoms with van der Waals surface area (Å²) in [7, 11) is 0. The van der Waals surface area contributed by atoms with Crippen LogP contribution in [0.3, 0.4) is 0 Å². The number of nitrogens with one attached hydrogen (secondary N) is 2. The molecule has 0 unspecified atom stereocenters.